The minimum Gasteiger partial charge on any atom is -0.491 e. The summed E-state index contributed by atoms with van der Waals surface area (Å²) >= 11 is 0. The fourth-order valence-electron chi connectivity index (χ4n) is 6.02. The largest absolute Gasteiger partial charge is 0.491 e. The van der Waals surface area contributed by atoms with Gasteiger partial charge in [-0.25, -0.2) is 23.1 Å². The molecule has 0 radical (unpaired) electrons. The number of aryl methyl sites for hydroxylation is 1. The smallest absolute Gasteiger partial charge is 0.215 e. The summed E-state index contributed by atoms with van der Waals surface area (Å²) in [5, 5.41) is 2.67. The van der Waals surface area contributed by atoms with Gasteiger partial charge in [0.15, 0.2) is 11.6 Å². The van der Waals surface area contributed by atoms with Gasteiger partial charge < -0.3 is 14.6 Å². The average Bonchev–Trinajstić information content (AvgIpc) is 3.32. The Morgan fingerprint density at radius 2 is 1.82 bits per heavy atom. The van der Waals surface area contributed by atoms with Crippen molar-refractivity contribution in [1.82, 2.24) is 24.6 Å². The lowest BCUT2D eigenvalue weighted by atomic mass is 10.1. The van der Waals surface area contributed by atoms with Crippen molar-refractivity contribution < 1.29 is 13.2 Å². The number of hydrogen-bond acceptors (Lipinski definition) is 7. The van der Waals surface area contributed by atoms with Crippen molar-refractivity contribution in [2.45, 2.75) is 57.5 Å². The highest BCUT2D eigenvalue weighted by Crippen LogP contribution is 2.29. The Morgan fingerprint density at radius 1 is 1.10 bits per heavy atom. The van der Waals surface area contributed by atoms with Crippen LogP contribution in [0.1, 0.15) is 38.3 Å². The Kier molecular flexibility index (Phi) is 9.68. The van der Waals surface area contributed by atoms with Gasteiger partial charge in [0.2, 0.25) is 10.0 Å². The highest BCUT2D eigenvalue weighted by molar-refractivity contribution is 7.88. The number of ether oxygens (including phenoxy) is 1. The molecule has 1 saturated heterocycles. The van der Waals surface area contributed by atoms with E-state index in [0.717, 1.165) is 68.2 Å². The van der Waals surface area contributed by atoms with Gasteiger partial charge in [-0.15, -0.1) is 0 Å². The van der Waals surface area contributed by atoms with Crippen molar-refractivity contribution in [3.63, 3.8) is 0 Å². The van der Waals surface area contributed by atoms with Gasteiger partial charge in [0.05, 0.1) is 19.1 Å². The molecule has 0 spiro atoms. The normalized spacial score (nSPS) is 15.3. The number of hydrogen-bond donors (Lipinski definition) is 2. The number of rotatable bonds is 13. The Morgan fingerprint density at radius 3 is 2.46 bits per heavy atom. The summed E-state index contributed by atoms with van der Waals surface area (Å²) < 4.78 is 32.4. The van der Waals surface area contributed by atoms with Gasteiger partial charge in [-0.05, 0) is 49.7 Å². The minimum absolute atomic E-state index is 0.00129. The van der Waals surface area contributed by atoms with Crippen LogP contribution in [0, 0.1) is 0 Å². The number of anilines is 1. The second-order valence-corrected chi connectivity index (χ2v) is 17.6. The molecular weight excluding hydrogens is 529 g/mol. The van der Waals surface area contributed by atoms with Gasteiger partial charge in [0.1, 0.15) is 14.4 Å². The van der Waals surface area contributed by atoms with Gasteiger partial charge in [0.25, 0.3) is 0 Å². The molecule has 2 N–H and O–H groups in total. The van der Waals surface area contributed by atoms with Crippen LogP contribution in [0.3, 0.4) is 0 Å². The van der Waals surface area contributed by atoms with Gasteiger partial charge >= 0.3 is 0 Å². The maximum atomic E-state index is 12.3. The number of piperazine rings is 1. The lowest BCUT2D eigenvalue weighted by Crippen LogP contribution is -2.48. The van der Waals surface area contributed by atoms with Crippen molar-refractivity contribution in [3.8, 4) is 5.75 Å². The number of methoxy groups -OCH3 is 1. The van der Waals surface area contributed by atoms with E-state index in [9.17, 15) is 8.42 Å². The standard InChI is InChI=1S/C28H44N6O3SSi/c1-6-39(7-2,8-3)28-23(24-18-22(11-12-25(24)32-28)20-38(35,36)29-4)10-9-13-33-14-16-34(17-15-33)27-26(37-5)19-30-21-31-27/h11-12,18-19,21,29,32H,6-10,13-17,20H2,1-5H3. The Bertz CT molecular complexity index is 1340. The van der Waals surface area contributed by atoms with Crippen LogP contribution in [0.5, 0.6) is 5.75 Å². The molecule has 4 rings (SSSR count). The molecule has 3 heterocycles. The summed E-state index contributed by atoms with van der Waals surface area (Å²) in [7, 11) is -1.86. The fourth-order valence-corrected chi connectivity index (χ4v) is 10.6. The number of sulfonamides is 1. The highest BCUT2D eigenvalue weighted by atomic mass is 32.2. The van der Waals surface area contributed by atoms with E-state index in [4.69, 9.17) is 4.74 Å². The van der Waals surface area contributed by atoms with Crippen LogP contribution in [0.25, 0.3) is 10.9 Å². The van der Waals surface area contributed by atoms with Crippen LogP contribution < -0.4 is 19.7 Å². The summed E-state index contributed by atoms with van der Waals surface area (Å²) in [6.07, 6.45) is 5.36. The van der Waals surface area contributed by atoms with E-state index in [2.05, 4.69) is 62.4 Å². The number of benzene rings is 1. The Hall–Kier alpha value is -2.47. The summed E-state index contributed by atoms with van der Waals surface area (Å²) in [4.78, 5) is 17.2. The predicted molar refractivity (Wildman–Crippen MR) is 162 cm³/mol. The van der Waals surface area contributed by atoms with Gasteiger partial charge in [-0.2, -0.15) is 0 Å². The molecule has 1 fully saturated rings. The third-order valence-corrected chi connectivity index (χ3v) is 15.5. The zero-order valence-corrected chi connectivity index (χ0v) is 25.9. The van der Waals surface area contributed by atoms with Crippen molar-refractivity contribution in [2.24, 2.45) is 0 Å². The SMILES string of the molecule is CC[Si](CC)(CC)c1[nH]c2ccc(CS(=O)(=O)NC)cc2c1CCCN1CCN(c2ncncc2OC)CC1. The third kappa shape index (κ3) is 6.48. The number of aromatic nitrogens is 3. The van der Waals surface area contributed by atoms with Crippen molar-refractivity contribution >= 4 is 40.1 Å². The second-order valence-electron chi connectivity index (χ2n) is 10.5. The molecule has 1 aliphatic rings. The van der Waals surface area contributed by atoms with Gasteiger partial charge in [-0.1, -0.05) is 45.0 Å². The Labute approximate surface area is 234 Å². The molecule has 1 aliphatic heterocycles. The van der Waals surface area contributed by atoms with Crippen LogP contribution in [-0.2, 0) is 22.2 Å². The van der Waals surface area contributed by atoms with Crippen molar-refractivity contribution in [1.29, 1.82) is 0 Å². The number of H-pyrrole nitrogens is 1. The van der Waals surface area contributed by atoms with E-state index < -0.39 is 18.1 Å². The highest BCUT2D eigenvalue weighted by Gasteiger charge is 2.34. The molecule has 0 saturated carbocycles. The number of nitrogens with one attached hydrogen (secondary N) is 2. The topological polar surface area (TPSA) is 103 Å². The van der Waals surface area contributed by atoms with E-state index in [1.54, 1.807) is 19.6 Å². The number of aromatic amines is 1. The summed E-state index contributed by atoms with van der Waals surface area (Å²) in [6, 6.07) is 9.73. The molecule has 0 bridgehead atoms. The van der Waals surface area contributed by atoms with E-state index in [1.807, 2.05) is 6.07 Å². The first kappa shape index (κ1) is 29.5. The molecule has 3 aromatic rings. The van der Waals surface area contributed by atoms with Gasteiger partial charge in [0, 0.05) is 42.4 Å². The second kappa shape index (κ2) is 12.8. The minimum atomic E-state index is -3.33. The van der Waals surface area contributed by atoms with E-state index in [1.165, 1.54) is 41.4 Å². The molecule has 0 atom stereocenters. The number of nitrogens with zero attached hydrogens (tertiary/aromatic N) is 4. The van der Waals surface area contributed by atoms with Crippen LogP contribution in [-0.4, -0.2) is 83.2 Å². The molecule has 0 unspecified atom stereocenters. The third-order valence-electron chi connectivity index (χ3n) is 8.65. The maximum Gasteiger partial charge on any atom is 0.215 e. The summed E-state index contributed by atoms with van der Waals surface area (Å²) in [6.45, 7) is 11.8. The van der Waals surface area contributed by atoms with Crippen molar-refractivity contribution in [2.75, 3.05) is 51.8 Å². The zero-order valence-electron chi connectivity index (χ0n) is 24.1. The van der Waals surface area contributed by atoms with Crippen LogP contribution in [0.2, 0.25) is 18.1 Å². The maximum absolute atomic E-state index is 12.3. The summed E-state index contributed by atoms with van der Waals surface area (Å²) in [5.41, 5.74) is 3.37. The molecule has 39 heavy (non-hydrogen) atoms. The molecule has 0 amide bonds. The van der Waals surface area contributed by atoms with Crippen LogP contribution >= 0.6 is 0 Å². The number of fused-ring (bicyclic) bond motifs is 1. The quantitative estimate of drug-likeness (QED) is 0.302. The molecule has 2 aromatic heterocycles. The molecule has 9 nitrogen and oxygen atoms in total. The lowest BCUT2D eigenvalue weighted by molar-refractivity contribution is 0.253. The fraction of sp³-hybridized carbons (Fsp3) is 0.571. The van der Waals surface area contributed by atoms with Crippen LogP contribution in [0.4, 0.5) is 5.82 Å². The zero-order chi connectivity index (χ0) is 28.0. The van der Waals surface area contributed by atoms with Crippen molar-refractivity contribution in [3.05, 3.63) is 41.9 Å². The van der Waals surface area contributed by atoms with E-state index >= 15 is 0 Å². The molecule has 1 aromatic carbocycles. The first-order valence-corrected chi connectivity index (χ1v) is 18.4. The molecular formula is C28H44N6O3SSi. The first-order valence-electron chi connectivity index (χ1n) is 14.2. The predicted octanol–water partition coefficient (Wildman–Crippen LogP) is 3.49. The lowest BCUT2D eigenvalue weighted by Gasteiger charge is -2.35. The monoisotopic (exact) mass is 572 g/mol. The van der Waals surface area contributed by atoms with Gasteiger partial charge in [-0.3, -0.25) is 4.90 Å². The molecule has 11 heteroatoms. The van der Waals surface area contributed by atoms with E-state index in [0.29, 0.717) is 0 Å². The van der Waals surface area contributed by atoms with E-state index in [-0.39, 0.29) is 5.75 Å². The first-order chi connectivity index (χ1) is 18.8. The average molecular weight is 573 g/mol. The summed E-state index contributed by atoms with van der Waals surface area (Å²) in [5.74, 6) is 1.58. The van der Waals surface area contributed by atoms with Crippen LogP contribution in [0.15, 0.2) is 30.7 Å². The Balaban J connectivity index is 1.51. The molecule has 0 aliphatic carbocycles. The molecule has 214 valence electrons.